The lowest BCUT2D eigenvalue weighted by atomic mass is 9.81. The highest BCUT2D eigenvalue weighted by Gasteiger charge is 2.38. The predicted molar refractivity (Wildman–Crippen MR) is 94.4 cm³/mol. The van der Waals surface area contributed by atoms with Crippen LogP contribution in [0, 0.1) is 0 Å². The third-order valence-corrected chi connectivity index (χ3v) is 6.07. The Kier molecular flexibility index (Phi) is 5.13. The van der Waals surface area contributed by atoms with Gasteiger partial charge in [0.05, 0.1) is 5.02 Å². The molecule has 2 atom stereocenters. The van der Waals surface area contributed by atoms with Gasteiger partial charge in [-0.15, -0.1) is 0 Å². The molecule has 2 bridgehead atoms. The fraction of sp³-hybridized carbons (Fsp3) is 0.647. The number of hydrogen-bond donors (Lipinski definition) is 1. The number of halogens is 2. The molecule has 1 aromatic carbocycles. The molecule has 1 aromatic rings. The van der Waals surface area contributed by atoms with E-state index in [1.165, 1.54) is 44.2 Å². The van der Waals surface area contributed by atoms with E-state index < -0.39 is 0 Å². The summed E-state index contributed by atoms with van der Waals surface area (Å²) in [6.07, 6.45) is 7.79. The van der Waals surface area contributed by atoms with E-state index in [1.807, 2.05) is 6.07 Å². The molecule has 0 aliphatic carbocycles. The zero-order chi connectivity index (χ0) is 14.8. The largest absolute Gasteiger partial charge is 0.365 e. The number of nitrogens with one attached hydrogen (secondary N) is 1. The van der Waals surface area contributed by atoms with Gasteiger partial charge in [0, 0.05) is 28.3 Å². The van der Waals surface area contributed by atoms with Crippen LogP contribution in [0.25, 0.3) is 0 Å². The fourth-order valence-electron chi connectivity index (χ4n) is 3.96. The van der Waals surface area contributed by atoms with Crippen molar-refractivity contribution in [3.8, 4) is 0 Å². The van der Waals surface area contributed by atoms with Crippen molar-refractivity contribution in [1.82, 2.24) is 5.32 Å². The van der Waals surface area contributed by atoms with Crippen LogP contribution < -0.4 is 10.2 Å². The van der Waals surface area contributed by atoms with Crippen molar-refractivity contribution >= 4 is 33.2 Å². The zero-order valence-corrected chi connectivity index (χ0v) is 15.0. The molecule has 0 radical (unpaired) electrons. The monoisotopic (exact) mass is 370 g/mol. The van der Waals surface area contributed by atoms with Gasteiger partial charge >= 0.3 is 0 Å². The Bertz CT molecular complexity index is 480. The van der Waals surface area contributed by atoms with Gasteiger partial charge < -0.3 is 10.2 Å². The number of benzene rings is 1. The minimum Gasteiger partial charge on any atom is -0.365 e. The highest BCUT2D eigenvalue weighted by molar-refractivity contribution is 9.10. The Morgan fingerprint density at radius 3 is 2.62 bits per heavy atom. The van der Waals surface area contributed by atoms with Gasteiger partial charge in [-0.2, -0.15) is 0 Å². The first kappa shape index (κ1) is 15.6. The number of hydrogen-bond acceptors (Lipinski definition) is 2. The normalized spacial score (nSPS) is 28.7. The molecule has 1 N–H and O–H groups in total. The average molecular weight is 372 g/mol. The molecule has 2 saturated heterocycles. The van der Waals surface area contributed by atoms with Crippen molar-refractivity contribution in [3.63, 3.8) is 0 Å². The minimum atomic E-state index is 0.680. The lowest BCUT2D eigenvalue weighted by Gasteiger charge is -2.50. The van der Waals surface area contributed by atoms with Crippen molar-refractivity contribution in [1.29, 1.82) is 0 Å². The van der Waals surface area contributed by atoms with Crippen LogP contribution in [0.4, 0.5) is 5.69 Å². The second-order valence-electron chi connectivity index (χ2n) is 6.37. The van der Waals surface area contributed by atoms with Crippen LogP contribution in [0.2, 0.25) is 5.02 Å². The summed E-state index contributed by atoms with van der Waals surface area (Å²) in [6, 6.07) is 8.44. The minimum absolute atomic E-state index is 0.680. The second-order valence-corrected chi connectivity index (χ2v) is 7.63. The van der Waals surface area contributed by atoms with E-state index in [0.29, 0.717) is 18.1 Å². The van der Waals surface area contributed by atoms with Crippen LogP contribution in [0.3, 0.4) is 0 Å². The maximum atomic E-state index is 6.15. The maximum absolute atomic E-state index is 6.15. The second kappa shape index (κ2) is 6.89. The van der Waals surface area contributed by atoms with E-state index in [1.54, 1.807) is 0 Å². The summed E-state index contributed by atoms with van der Waals surface area (Å²) in [5.74, 6) is 0. The molecular formula is C17H24BrClN2. The van der Waals surface area contributed by atoms with Gasteiger partial charge in [0.1, 0.15) is 0 Å². The van der Waals surface area contributed by atoms with Crippen LogP contribution in [0.15, 0.2) is 22.7 Å². The van der Waals surface area contributed by atoms with E-state index in [0.717, 1.165) is 16.0 Å². The summed E-state index contributed by atoms with van der Waals surface area (Å²) in [7, 11) is 0. The van der Waals surface area contributed by atoms with Crippen molar-refractivity contribution in [3.05, 3.63) is 27.7 Å². The first-order chi connectivity index (χ1) is 10.2. The highest BCUT2D eigenvalue weighted by Crippen LogP contribution is 2.39. The highest BCUT2D eigenvalue weighted by atomic mass is 79.9. The molecular weight excluding hydrogens is 348 g/mol. The maximum Gasteiger partial charge on any atom is 0.0549 e. The Morgan fingerprint density at radius 2 is 2.00 bits per heavy atom. The molecule has 0 aromatic heterocycles. The Labute approximate surface area is 141 Å². The standard InChI is InChI=1S/C17H24BrClN2/c1-2-8-20-12-9-13-4-3-5-14(10-12)21(13)15-6-7-17(19)16(18)11-15/h6-7,11-14,20H,2-5,8-10H2,1H3. The van der Waals surface area contributed by atoms with Gasteiger partial charge in [0.15, 0.2) is 0 Å². The molecule has 2 nitrogen and oxygen atoms in total. The number of fused-ring (bicyclic) bond motifs is 2. The molecule has 4 heteroatoms. The summed E-state index contributed by atoms with van der Waals surface area (Å²) < 4.78 is 1.01. The molecule has 0 saturated carbocycles. The van der Waals surface area contributed by atoms with E-state index >= 15 is 0 Å². The smallest absolute Gasteiger partial charge is 0.0549 e. The molecule has 2 heterocycles. The van der Waals surface area contributed by atoms with Crippen LogP contribution >= 0.6 is 27.5 Å². The molecule has 0 amide bonds. The van der Waals surface area contributed by atoms with Crippen LogP contribution in [0.5, 0.6) is 0 Å². The quantitative estimate of drug-likeness (QED) is 0.802. The van der Waals surface area contributed by atoms with E-state index in [9.17, 15) is 0 Å². The third-order valence-electron chi connectivity index (χ3n) is 4.86. The van der Waals surface area contributed by atoms with Crippen LogP contribution in [-0.4, -0.2) is 24.7 Å². The molecule has 2 unspecified atom stereocenters. The Morgan fingerprint density at radius 1 is 1.29 bits per heavy atom. The van der Waals surface area contributed by atoms with Crippen molar-refractivity contribution in [2.24, 2.45) is 0 Å². The molecule has 21 heavy (non-hydrogen) atoms. The van der Waals surface area contributed by atoms with E-state index in [4.69, 9.17) is 11.6 Å². The third kappa shape index (κ3) is 3.40. The Hall–Kier alpha value is -0.250. The van der Waals surface area contributed by atoms with Crippen molar-refractivity contribution in [2.75, 3.05) is 11.4 Å². The first-order valence-electron chi connectivity index (χ1n) is 8.15. The van der Waals surface area contributed by atoms with E-state index in [2.05, 4.69) is 45.2 Å². The lowest BCUT2D eigenvalue weighted by molar-refractivity contribution is 0.246. The first-order valence-corrected chi connectivity index (χ1v) is 9.33. The molecule has 116 valence electrons. The fourth-order valence-corrected chi connectivity index (χ4v) is 4.45. The summed E-state index contributed by atoms with van der Waals surface area (Å²) >= 11 is 9.71. The summed E-state index contributed by atoms with van der Waals surface area (Å²) in [5, 5.41) is 4.53. The van der Waals surface area contributed by atoms with Gasteiger partial charge in [0.25, 0.3) is 0 Å². The summed E-state index contributed by atoms with van der Waals surface area (Å²) in [6.45, 7) is 3.39. The number of anilines is 1. The number of nitrogens with zero attached hydrogens (tertiary/aromatic N) is 1. The SMILES string of the molecule is CCCNC1CC2CCCC(C1)N2c1ccc(Cl)c(Br)c1. The Balaban J connectivity index is 1.78. The lowest BCUT2D eigenvalue weighted by Crippen LogP contribution is -2.56. The van der Waals surface area contributed by atoms with Gasteiger partial charge in [-0.05, 0) is 79.2 Å². The number of rotatable bonds is 4. The summed E-state index contributed by atoms with van der Waals surface area (Å²) in [5.41, 5.74) is 1.33. The van der Waals surface area contributed by atoms with Gasteiger partial charge in [0.2, 0.25) is 0 Å². The molecule has 3 rings (SSSR count). The van der Waals surface area contributed by atoms with Gasteiger partial charge in [-0.1, -0.05) is 18.5 Å². The molecule has 0 spiro atoms. The number of piperidine rings is 2. The van der Waals surface area contributed by atoms with Gasteiger partial charge in [-0.3, -0.25) is 0 Å². The van der Waals surface area contributed by atoms with E-state index in [-0.39, 0.29) is 0 Å². The molecule has 2 aliphatic heterocycles. The van der Waals surface area contributed by atoms with Crippen LogP contribution in [0.1, 0.15) is 45.4 Å². The van der Waals surface area contributed by atoms with Crippen molar-refractivity contribution in [2.45, 2.75) is 63.6 Å². The molecule has 2 fully saturated rings. The van der Waals surface area contributed by atoms with Crippen LogP contribution in [-0.2, 0) is 0 Å². The van der Waals surface area contributed by atoms with Crippen molar-refractivity contribution < 1.29 is 0 Å². The predicted octanol–water partition coefficient (Wildman–Crippen LogP) is 4.99. The van der Waals surface area contributed by atoms with Gasteiger partial charge in [-0.25, -0.2) is 0 Å². The topological polar surface area (TPSA) is 15.3 Å². The molecule has 2 aliphatic rings. The zero-order valence-electron chi connectivity index (χ0n) is 12.6. The summed E-state index contributed by atoms with van der Waals surface area (Å²) in [4.78, 5) is 2.66. The average Bonchev–Trinajstić information content (AvgIpc) is 2.47.